The third-order valence-electron chi connectivity index (χ3n) is 2.90. The molecule has 1 aromatic rings. The van der Waals surface area contributed by atoms with Crippen molar-refractivity contribution < 1.29 is 4.92 Å². The minimum absolute atomic E-state index is 0.00248. The van der Waals surface area contributed by atoms with Crippen LogP contribution in [0.1, 0.15) is 31.4 Å². The third kappa shape index (κ3) is 1.85. The molecule has 0 radical (unpaired) electrons. The van der Waals surface area contributed by atoms with E-state index in [1.54, 1.807) is 0 Å². The number of aromatic nitrogens is 2. The maximum Gasteiger partial charge on any atom is 0.310 e. The highest BCUT2D eigenvalue weighted by Gasteiger charge is 2.38. The minimum Gasteiger partial charge on any atom is -0.320 e. The maximum atomic E-state index is 10.9. The first-order chi connectivity index (χ1) is 7.53. The minimum atomic E-state index is -0.727. The Hall–Kier alpha value is -1.27. The maximum absolute atomic E-state index is 10.9. The average molecular weight is 243 g/mol. The van der Waals surface area contributed by atoms with Gasteiger partial charge in [0.25, 0.3) is 0 Å². The number of hydrogen-bond acceptors (Lipinski definition) is 5. The van der Waals surface area contributed by atoms with E-state index < -0.39 is 10.5 Å². The summed E-state index contributed by atoms with van der Waals surface area (Å²) in [4.78, 5) is 17.9. The summed E-state index contributed by atoms with van der Waals surface area (Å²) in [7, 11) is 0. The van der Waals surface area contributed by atoms with Gasteiger partial charge < -0.3 is 5.73 Å². The van der Waals surface area contributed by atoms with Crippen LogP contribution in [0.5, 0.6) is 0 Å². The number of hydrogen-bond donors (Lipinski definition) is 1. The van der Waals surface area contributed by atoms with Crippen LogP contribution in [0.4, 0.5) is 5.69 Å². The van der Waals surface area contributed by atoms with Crippen molar-refractivity contribution in [3.8, 4) is 0 Å². The molecule has 0 saturated heterocycles. The van der Waals surface area contributed by atoms with Crippen molar-refractivity contribution in [2.45, 2.75) is 31.2 Å². The zero-order valence-electron chi connectivity index (χ0n) is 8.52. The van der Waals surface area contributed by atoms with Crippen LogP contribution in [-0.2, 0) is 5.54 Å². The summed E-state index contributed by atoms with van der Waals surface area (Å²) in [5, 5.41) is 10.9. The van der Waals surface area contributed by atoms with Crippen LogP contribution >= 0.6 is 11.6 Å². The molecular weight excluding hydrogens is 232 g/mol. The van der Waals surface area contributed by atoms with Gasteiger partial charge in [-0.2, -0.15) is 0 Å². The second kappa shape index (κ2) is 3.95. The van der Waals surface area contributed by atoms with Gasteiger partial charge in [0.2, 0.25) is 5.28 Å². The predicted molar refractivity (Wildman–Crippen MR) is 58.0 cm³/mol. The molecule has 0 aliphatic heterocycles. The van der Waals surface area contributed by atoms with E-state index in [1.165, 1.54) is 0 Å². The third-order valence-corrected chi connectivity index (χ3v) is 3.09. The van der Waals surface area contributed by atoms with Gasteiger partial charge >= 0.3 is 5.69 Å². The predicted octanol–water partition coefficient (Wildman–Crippen LogP) is 1.77. The fraction of sp³-hybridized carbons (Fsp3) is 0.556. The molecule has 6 nitrogen and oxygen atoms in total. The Balaban J connectivity index is 2.52. The Morgan fingerprint density at radius 3 is 2.69 bits per heavy atom. The van der Waals surface area contributed by atoms with Crippen molar-refractivity contribution in [1.82, 2.24) is 9.97 Å². The Kier molecular flexibility index (Phi) is 2.77. The molecule has 0 spiro atoms. The van der Waals surface area contributed by atoms with E-state index in [4.69, 9.17) is 17.3 Å². The molecule has 0 amide bonds. The lowest BCUT2D eigenvalue weighted by Crippen LogP contribution is -2.35. The summed E-state index contributed by atoms with van der Waals surface area (Å²) >= 11 is 5.66. The molecule has 0 bridgehead atoms. The first kappa shape index (κ1) is 11.2. The first-order valence-corrected chi connectivity index (χ1v) is 5.37. The number of halogens is 1. The molecule has 1 saturated carbocycles. The van der Waals surface area contributed by atoms with Crippen LogP contribution in [0.3, 0.4) is 0 Å². The molecular formula is C9H11ClN4O2. The van der Waals surface area contributed by atoms with E-state index in [-0.39, 0.29) is 16.7 Å². The topological polar surface area (TPSA) is 94.9 Å². The summed E-state index contributed by atoms with van der Waals surface area (Å²) in [6.07, 6.45) is 4.42. The summed E-state index contributed by atoms with van der Waals surface area (Å²) < 4.78 is 0. The van der Waals surface area contributed by atoms with Gasteiger partial charge in [0, 0.05) is 0 Å². The van der Waals surface area contributed by atoms with Crippen molar-refractivity contribution in [2.24, 2.45) is 5.73 Å². The van der Waals surface area contributed by atoms with Crippen LogP contribution in [-0.4, -0.2) is 14.9 Å². The first-order valence-electron chi connectivity index (χ1n) is 4.99. The second-order valence-electron chi connectivity index (χ2n) is 3.99. The van der Waals surface area contributed by atoms with Crippen molar-refractivity contribution >= 4 is 17.3 Å². The van der Waals surface area contributed by atoms with Crippen LogP contribution in [0.25, 0.3) is 0 Å². The normalized spacial score (nSPS) is 18.6. The van der Waals surface area contributed by atoms with Crippen molar-refractivity contribution in [3.05, 3.63) is 27.3 Å². The molecule has 7 heteroatoms. The molecule has 0 atom stereocenters. The van der Waals surface area contributed by atoms with E-state index >= 15 is 0 Å². The molecule has 1 aromatic heterocycles. The summed E-state index contributed by atoms with van der Waals surface area (Å²) in [6.45, 7) is 0. The van der Waals surface area contributed by atoms with Gasteiger partial charge in [0.15, 0.2) is 0 Å². The Morgan fingerprint density at radius 1 is 1.50 bits per heavy atom. The van der Waals surface area contributed by atoms with Crippen LogP contribution in [0, 0.1) is 10.1 Å². The fourth-order valence-corrected chi connectivity index (χ4v) is 2.23. The molecule has 0 aromatic carbocycles. The van der Waals surface area contributed by atoms with E-state index in [0.29, 0.717) is 12.8 Å². The van der Waals surface area contributed by atoms with Gasteiger partial charge in [0.1, 0.15) is 11.9 Å². The summed E-state index contributed by atoms with van der Waals surface area (Å²) in [6, 6.07) is 0. The highest BCUT2D eigenvalue weighted by molar-refractivity contribution is 6.28. The smallest absolute Gasteiger partial charge is 0.310 e. The lowest BCUT2D eigenvalue weighted by molar-refractivity contribution is -0.386. The van der Waals surface area contributed by atoms with Crippen molar-refractivity contribution in [2.75, 3.05) is 0 Å². The molecule has 86 valence electrons. The van der Waals surface area contributed by atoms with E-state index in [1.807, 2.05) is 0 Å². The van der Waals surface area contributed by atoms with E-state index in [9.17, 15) is 10.1 Å². The SMILES string of the molecule is NC1(c2nc(Cl)ncc2[N+](=O)[O-])CCCC1. The quantitative estimate of drug-likeness (QED) is 0.484. The zero-order valence-corrected chi connectivity index (χ0v) is 9.28. The highest BCUT2D eigenvalue weighted by atomic mass is 35.5. The van der Waals surface area contributed by atoms with E-state index in [0.717, 1.165) is 19.0 Å². The lowest BCUT2D eigenvalue weighted by atomic mass is 9.93. The second-order valence-corrected chi connectivity index (χ2v) is 4.33. The standard InChI is InChI=1S/C9H11ClN4O2/c10-8-12-5-6(14(15)16)7(13-8)9(11)3-1-2-4-9/h5H,1-4,11H2. The van der Waals surface area contributed by atoms with Gasteiger partial charge in [0.05, 0.1) is 10.5 Å². The number of nitrogens with two attached hydrogens (primary N) is 1. The summed E-state index contributed by atoms with van der Waals surface area (Å²) in [5.74, 6) is 0. The Morgan fingerprint density at radius 2 is 2.12 bits per heavy atom. The van der Waals surface area contributed by atoms with Crippen LogP contribution < -0.4 is 5.73 Å². The summed E-state index contributed by atoms with van der Waals surface area (Å²) in [5.41, 5.74) is 5.52. The molecule has 1 aliphatic rings. The lowest BCUT2D eigenvalue weighted by Gasteiger charge is -2.21. The molecule has 2 N–H and O–H groups in total. The molecule has 1 fully saturated rings. The highest BCUT2D eigenvalue weighted by Crippen LogP contribution is 2.39. The molecule has 1 heterocycles. The monoisotopic (exact) mass is 242 g/mol. The molecule has 16 heavy (non-hydrogen) atoms. The number of nitro groups is 1. The largest absolute Gasteiger partial charge is 0.320 e. The molecule has 1 aliphatic carbocycles. The number of rotatable bonds is 2. The van der Waals surface area contributed by atoms with Crippen LogP contribution in [0.2, 0.25) is 5.28 Å². The Bertz CT molecular complexity index is 432. The number of nitrogens with zero attached hydrogens (tertiary/aromatic N) is 3. The molecule has 0 unspecified atom stereocenters. The van der Waals surface area contributed by atoms with Crippen LogP contribution in [0.15, 0.2) is 6.20 Å². The van der Waals surface area contributed by atoms with Crippen molar-refractivity contribution in [1.29, 1.82) is 0 Å². The average Bonchev–Trinajstić information content (AvgIpc) is 2.66. The van der Waals surface area contributed by atoms with Gasteiger partial charge in [-0.3, -0.25) is 10.1 Å². The fourth-order valence-electron chi connectivity index (χ4n) is 2.10. The van der Waals surface area contributed by atoms with Gasteiger partial charge in [-0.1, -0.05) is 12.8 Å². The van der Waals surface area contributed by atoms with E-state index in [2.05, 4.69) is 9.97 Å². The van der Waals surface area contributed by atoms with Gasteiger partial charge in [-0.25, -0.2) is 9.97 Å². The molecule has 2 rings (SSSR count). The van der Waals surface area contributed by atoms with Gasteiger partial charge in [-0.05, 0) is 24.4 Å². The zero-order chi connectivity index (χ0) is 11.8. The Labute approximate surface area is 97.0 Å². The van der Waals surface area contributed by atoms with Crippen molar-refractivity contribution in [3.63, 3.8) is 0 Å². The van der Waals surface area contributed by atoms with Gasteiger partial charge in [-0.15, -0.1) is 0 Å².